The fourth-order valence-corrected chi connectivity index (χ4v) is 1.90. The lowest BCUT2D eigenvalue weighted by molar-refractivity contribution is -0.119. The van der Waals surface area contributed by atoms with Crippen LogP contribution in [0.5, 0.6) is 0 Å². The first kappa shape index (κ1) is 10.8. The van der Waals surface area contributed by atoms with Crippen LogP contribution < -0.4 is 10.8 Å². The van der Waals surface area contributed by atoms with Gasteiger partial charge >= 0.3 is 0 Å². The lowest BCUT2D eigenvalue weighted by atomic mass is 10.1. The number of nitrogens with one attached hydrogen (secondary N) is 1. The van der Waals surface area contributed by atoms with Gasteiger partial charge in [-0.05, 0) is 12.1 Å². The second kappa shape index (κ2) is 4.15. The Morgan fingerprint density at radius 2 is 2.28 bits per heavy atom. The van der Waals surface area contributed by atoms with Gasteiger partial charge in [-0.25, -0.2) is 0 Å². The quantitative estimate of drug-likeness (QED) is 0.834. The number of benzene rings is 1. The van der Waals surface area contributed by atoms with E-state index in [4.69, 9.17) is 10.6 Å². The van der Waals surface area contributed by atoms with Crippen molar-refractivity contribution < 1.29 is 9.63 Å². The molecule has 0 atom stereocenters. The van der Waals surface area contributed by atoms with Crippen molar-refractivity contribution in [3.05, 3.63) is 30.3 Å². The van der Waals surface area contributed by atoms with Gasteiger partial charge in [0, 0.05) is 11.6 Å². The first-order valence-electron chi connectivity index (χ1n) is 5.61. The topological polar surface area (TPSA) is 84.2 Å². The molecule has 0 unspecified atom stereocenters. The Kier molecular flexibility index (Phi) is 2.49. The smallest absolute Gasteiger partial charge is 0.253 e. The molecule has 0 spiro atoms. The summed E-state index contributed by atoms with van der Waals surface area (Å²) < 4.78 is 0. The highest BCUT2D eigenvalue weighted by Crippen LogP contribution is 2.26. The molecule has 1 saturated heterocycles. The van der Waals surface area contributed by atoms with Gasteiger partial charge in [0.15, 0.2) is 0 Å². The average molecular weight is 244 g/mol. The van der Waals surface area contributed by atoms with Crippen molar-refractivity contribution in [2.45, 2.75) is 6.42 Å². The molecule has 1 aliphatic heterocycles. The number of aromatic amines is 1. The fraction of sp³-hybridized carbons (Fsp3) is 0.167. The third-order valence-corrected chi connectivity index (χ3v) is 2.75. The Labute approximate surface area is 103 Å². The predicted octanol–water partition coefficient (Wildman–Crippen LogP) is 1.33. The third kappa shape index (κ3) is 1.82. The van der Waals surface area contributed by atoms with Gasteiger partial charge < -0.3 is 5.73 Å². The highest BCUT2D eigenvalue weighted by atomic mass is 16.7. The summed E-state index contributed by atoms with van der Waals surface area (Å²) in [6.45, 7) is 0.431. The molecule has 2 aromatic rings. The van der Waals surface area contributed by atoms with E-state index >= 15 is 0 Å². The molecule has 0 bridgehead atoms. The molecule has 0 aliphatic carbocycles. The van der Waals surface area contributed by atoms with Crippen LogP contribution in [0, 0.1) is 0 Å². The van der Waals surface area contributed by atoms with E-state index in [1.165, 1.54) is 5.06 Å². The zero-order valence-electron chi connectivity index (χ0n) is 9.59. The molecule has 6 heteroatoms. The van der Waals surface area contributed by atoms with E-state index in [0.717, 1.165) is 11.3 Å². The van der Waals surface area contributed by atoms with Gasteiger partial charge in [0.05, 0.1) is 24.4 Å². The number of hydroxylamine groups is 1. The number of nitrogens with zero attached hydrogens (tertiary/aromatic N) is 2. The largest absolute Gasteiger partial charge is 0.382 e. The van der Waals surface area contributed by atoms with Crippen LogP contribution in [-0.4, -0.2) is 22.7 Å². The maximum atomic E-state index is 11.6. The van der Waals surface area contributed by atoms with Gasteiger partial charge in [-0.2, -0.15) is 10.2 Å². The van der Waals surface area contributed by atoms with Gasteiger partial charge in [-0.3, -0.25) is 14.7 Å². The summed E-state index contributed by atoms with van der Waals surface area (Å²) in [5, 5.41) is 8.03. The normalized spacial score (nSPS) is 15.3. The Hall–Kier alpha value is -2.34. The highest BCUT2D eigenvalue weighted by Gasteiger charge is 2.23. The van der Waals surface area contributed by atoms with E-state index in [0.29, 0.717) is 24.5 Å². The maximum absolute atomic E-state index is 11.6. The van der Waals surface area contributed by atoms with E-state index in [9.17, 15) is 4.79 Å². The molecule has 0 saturated carbocycles. The fourth-order valence-electron chi connectivity index (χ4n) is 1.90. The second-order valence-electron chi connectivity index (χ2n) is 4.03. The molecule has 1 amide bonds. The number of nitrogen functional groups attached to an aromatic ring is 1. The zero-order chi connectivity index (χ0) is 12.5. The van der Waals surface area contributed by atoms with Crippen molar-refractivity contribution in [3.63, 3.8) is 0 Å². The lowest BCUT2D eigenvalue weighted by Gasteiger charge is -2.14. The van der Waals surface area contributed by atoms with Gasteiger partial charge in [0.1, 0.15) is 5.82 Å². The highest BCUT2D eigenvalue weighted by molar-refractivity contribution is 5.93. The van der Waals surface area contributed by atoms with Crippen LogP contribution in [0.2, 0.25) is 0 Å². The number of H-pyrrole nitrogens is 1. The molecule has 92 valence electrons. The number of hydrogen-bond donors (Lipinski definition) is 2. The number of amides is 1. The predicted molar refractivity (Wildman–Crippen MR) is 66.5 cm³/mol. The van der Waals surface area contributed by atoms with Gasteiger partial charge in [0.2, 0.25) is 0 Å². The van der Waals surface area contributed by atoms with Gasteiger partial charge in [-0.15, -0.1) is 0 Å². The molecular weight excluding hydrogens is 232 g/mol. The Bertz CT molecular complexity index is 593. The number of hydrogen-bond acceptors (Lipinski definition) is 4. The zero-order valence-corrected chi connectivity index (χ0v) is 9.59. The second-order valence-corrected chi connectivity index (χ2v) is 4.03. The molecule has 1 aromatic carbocycles. The van der Waals surface area contributed by atoms with Crippen LogP contribution in [-0.2, 0) is 9.63 Å². The number of anilines is 2. The molecule has 0 radical (unpaired) electrons. The number of carbonyl (C=O) groups excluding carboxylic acids is 1. The van der Waals surface area contributed by atoms with E-state index < -0.39 is 0 Å². The van der Waals surface area contributed by atoms with E-state index in [2.05, 4.69) is 10.2 Å². The number of aromatic nitrogens is 2. The minimum atomic E-state index is -0.0312. The molecule has 1 aliphatic rings. The number of nitrogens with two attached hydrogens (primary N) is 1. The molecule has 3 N–H and O–H groups in total. The van der Waals surface area contributed by atoms with Crippen molar-refractivity contribution in [1.29, 1.82) is 0 Å². The number of carbonyl (C=O) groups is 1. The van der Waals surface area contributed by atoms with Gasteiger partial charge in [0.25, 0.3) is 5.91 Å². The Morgan fingerprint density at radius 3 is 2.94 bits per heavy atom. The van der Waals surface area contributed by atoms with Crippen molar-refractivity contribution in [3.8, 4) is 11.3 Å². The first-order chi connectivity index (χ1) is 8.74. The van der Waals surface area contributed by atoms with Crippen molar-refractivity contribution in [2.24, 2.45) is 0 Å². The van der Waals surface area contributed by atoms with E-state index in [-0.39, 0.29) is 5.91 Å². The molecule has 6 nitrogen and oxygen atoms in total. The van der Waals surface area contributed by atoms with Crippen LogP contribution >= 0.6 is 0 Å². The van der Waals surface area contributed by atoms with E-state index in [1.54, 1.807) is 6.07 Å². The van der Waals surface area contributed by atoms with Crippen LogP contribution in [0.3, 0.4) is 0 Å². The molecule has 1 fully saturated rings. The van der Waals surface area contributed by atoms with Crippen LogP contribution in [0.4, 0.5) is 11.5 Å². The summed E-state index contributed by atoms with van der Waals surface area (Å²) in [6.07, 6.45) is 0.418. The molecule has 2 heterocycles. The summed E-state index contributed by atoms with van der Waals surface area (Å²) in [6, 6.07) is 9.20. The summed E-state index contributed by atoms with van der Waals surface area (Å²) in [5.74, 6) is 0.403. The average Bonchev–Trinajstić information content (AvgIpc) is 2.98. The summed E-state index contributed by atoms with van der Waals surface area (Å²) in [5.41, 5.74) is 7.99. The molecule has 3 rings (SSSR count). The minimum Gasteiger partial charge on any atom is -0.382 e. The van der Waals surface area contributed by atoms with Crippen molar-refractivity contribution >= 4 is 17.4 Å². The lowest BCUT2D eigenvalue weighted by Crippen LogP contribution is -2.22. The Morgan fingerprint density at radius 1 is 1.39 bits per heavy atom. The number of rotatable bonds is 2. The minimum absolute atomic E-state index is 0.0312. The van der Waals surface area contributed by atoms with E-state index in [1.807, 2.05) is 24.3 Å². The van der Waals surface area contributed by atoms with Crippen LogP contribution in [0.15, 0.2) is 30.3 Å². The van der Waals surface area contributed by atoms with Crippen molar-refractivity contribution in [2.75, 3.05) is 17.4 Å². The SMILES string of the molecule is Nc1cc(-c2cccc(N3OCCC3=O)c2)[nH]n1. The summed E-state index contributed by atoms with van der Waals surface area (Å²) in [4.78, 5) is 16.9. The summed E-state index contributed by atoms with van der Waals surface area (Å²) >= 11 is 0. The van der Waals surface area contributed by atoms with Crippen molar-refractivity contribution in [1.82, 2.24) is 10.2 Å². The standard InChI is InChI=1S/C12H12N4O2/c13-11-7-10(14-15-11)8-2-1-3-9(6-8)16-12(17)4-5-18-16/h1-3,6-7H,4-5H2,(H3,13,14,15). The van der Waals surface area contributed by atoms with Crippen LogP contribution in [0.1, 0.15) is 6.42 Å². The third-order valence-electron chi connectivity index (χ3n) is 2.75. The summed E-state index contributed by atoms with van der Waals surface area (Å²) in [7, 11) is 0. The monoisotopic (exact) mass is 244 g/mol. The molecule has 18 heavy (non-hydrogen) atoms. The van der Waals surface area contributed by atoms with Gasteiger partial charge in [-0.1, -0.05) is 12.1 Å². The van der Waals surface area contributed by atoms with Crippen LogP contribution in [0.25, 0.3) is 11.3 Å². The molecular formula is C12H12N4O2. The molecule has 1 aromatic heterocycles. The maximum Gasteiger partial charge on any atom is 0.253 e. The Balaban J connectivity index is 1.96. The first-order valence-corrected chi connectivity index (χ1v) is 5.61.